The molecule has 1 aromatic heterocycles. The molecule has 1 amide bonds. The molecule has 0 fully saturated rings. The zero-order chi connectivity index (χ0) is 15.2. The molecule has 0 saturated carbocycles. The standard InChI is InChI=1S/C16H21N3O2/c1-11-10-18-16(21-11)12(2)19-15(20)9-8-14(17)13-6-4-3-5-7-13/h3-7,10,12,14H,8-9,17H2,1-2H3,(H,19,20). The number of carbonyl (C=O) groups is 1. The van der Waals surface area contributed by atoms with E-state index in [2.05, 4.69) is 10.3 Å². The van der Waals surface area contributed by atoms with Gasteiger partial charge >= 0.3 is 0 Å². The Kier molecular flexibility index (Phi) is 5.11. The second-order valence-corrected chi connectivity index (χ2v) is 5.15. The third kappa shape index (κ3) is 4.43. The van der Waals surface area contributed by atoms with Crippen LogP contribution in [0.1, 0.15) is 49.1 Å². The summed E-state index contributed by atoms with van der Waals surface area (Å²) >= 11 is 0. The van der Waals surface area contributed by atoms with Gasteiger partial charge in [0.2, 0.25) is 11.8 Å². The summed E-state index contributed by atoms with van der Waals surface area (Å²) in [6.45, 7) is 3.67. The molecule has 21 heavy (non-hydrogen) atoms. The summed E-state index contributed by atoms with van der Waals surface area (Å²) in [7, 11) is 0. The van der Waals surface area contributed by atoms with E-state index in [4.69, 9.17) is 10.2 Å². The number of amides is 1. The van der Waals surface area contributed by atoms with Crippen molar-refractivity contribution in [1.29, 1.82) is 0 Å². The van der Waals surface area contributed by atoms with Crippen molar-refractivity contribution in [3.8, 4) is 0 Å². The van der Waals surface area contributed by atoms with Crippen molar-refractivity contribution in [1.82, 2.24) is 10.3 Å². The Bertz CT molecular complexity index is 580. The Labute approximate surface area is 124 Å². The molecule has 2 atom stereocenters. The molecule has 2 aromatic rings. The molecule has 112 valence electrons. The van der Waals surface area contributed by atoms with E-state index in [-0.39, 0.29) is 18.0 Å². The fourth-order valence-corrected chi connectivity index (χ4v) is 2.10. The first-order valence-electron chi connectivity index (χ1n) is 7.08. The van der Waals surface area contributed by atoms with Gasteiger partial charge in [-0.15, -0.1) is 0 Å². The zero-order valence-electron chi connectivity index (χ0n) is 12.4. The number of nitrogens with zero attached hydrogens (tertiary/aromatic N) is 1. The van der Waals surface area contributed by atoms with Crippen LogP contribution < -0.4 is 11.1 Å². The molecule has 2 unspecified atom stereocenters. The van der Waals surface area contributed by atoms with E-state index < -0.39 is 0 Å². The van der Waals surface area contributed by atoms with Gasteiger partial charge in [-0.05, 0) is 25.8 Å². The average Bonchev–Trinajstić information content (AvgIpc) is 2.92. The van der Waals surface area contributed by atoms with Crippen LogP contribution in [0.4, 0.5) is 0 Å². The summed E-state index contributed by atoms with van der Waals surface area (Å²) in [6, 6.07) is 9.42. The van der Waals surface area contributed by atoms with Crippen LogP contribution in [0, 0.1) is 6.92 Å². The number of hydrogen-bond acceptors (Lipinski definition) is 4. The quantitative estimate of drug-likeness (QED) is 0.855. The lowest BCUT2D eigenvalue weighted by Gasteiger charge is -2.13. The van der Waals surface area contributed by atoms with Crippen LogP contribution in [-0.4, -0.2) is 10.9 Å². The van der Waals surface area contributed by atoms with Gasteiger partial charge in [-0.1, -0.05) is 30.3 Å². The Balaban J connectivity index is 1.79. The molecule has 5 nitrogen and oxygen atoms in total. The molecule has 2 rings (SSSR count). The minimum Gasteiger partial charge on any atom is -0.444 e. The zero-order valence-corrected chi connectivity index (χ0v) is 12.4. The largest absolute Gasteiger partial charge is 0.444 e. The third-order valence-corrected chi connectivity index (χ3v) is 3.30. The molecule has 0 bridgehead atoms. The normalized spacial score (nSPS) is 13.7. The highest BCUT2D eigenvalue weighted by molar-refractivity contribution is 5.76. The highest BCUT2D eigenvalue weighted by atomic mass is 16.4. The number of hydrogen-bond donors (Lipinski definition) is 2. The molecule has 0 spiro atoms. The molecule has 0 aliphatic carbocycles. The summed E-state index contributed by atoms with van der Waals surface area (Å²) in [5.74, 6) is 1.20. The number of aryl methyl sites for hydroxylation is 1. The van der Waals surface area contributed by atoms with Crippen LogP contribution in [0.25, 0.3) is 0 Å². The van der Waals surface area contributed by atoms with Gasteiger partial charge in [0, 0.05) is 12.5 Å². The maximum absolute atomic E-state index is 11.9. The first-order valence-corrected chi connectivity index (χ1v) is 7.08. The monoisotopic (exact) mass is 287 g/mol. The lowest BCUT2D eigenvalue weighted by atomic mass is 10.0. The van der Waals surface area contributed by atoms with Gasteiger partial charge in [0.15, 0.2) is 0 Å². The summed E-state index contributed by atoms with van der Waals surface area (Å²) in [5, 5.41) is 2.87. The van der Waals surface area contributed by atoms with Crippen LogP contribution in [-0.2, 0) is 4.79 Å². The van der Waals surface area contributed by atoms with E-state index in [0.717, 1.165) is 11.3 Å². The number of nitrogens with one attached hydrogen (secondary N) is 1. The Morgan fingerprint density at radius 1 is 1.38 bits per heavy atom. The molecular weight excluding hydrogens is 266 g/mol. The fraction of sp³-hybridized carbons (Fsp3) is 0.375. The molecule has 1 aromatic carbocycles. The van der Waals surface area contributed by atoms with Crippen LogP contribution in [0.5, 0.6) is 0 Å². The molecule has 5 heteroatoms. The molecule has 0 saturated heterocycles. The van der Waals surface area contributed by atoms with E-state index in [1.807, 2.05) is 44.2 Å². The van der Waals surface area contributed by atoms with E-state index in [1.54, 1.807) is 6.20 Å². The lowest BCUT2D eigenvalue weighted by Crippen LogP contribution is -2.27. The van der Waals surface area contributed by atoms with Gasteiger partial charge < -0.3 is 15.5 Å². The Hall–Kier alpha value is -2.14. The number of carbonyl (C=O) groups excluding carboxylic acids is 1. The minimum absolute atomic E-state index is 0.0512. The van der Waals surface area contributed by atoms with Crippen molar-refractivity contribution in [3.63, 3.8) is 0 Å². The first kappa shape index (κ1) is 15.3. The molecule has 0 aliphatic rings. The maximum atomic E-state index is 11.9. The van der Waals surface area contributed by atoms with Gasteiger partial charge in [-0.2, -0.15) is 0 Å². The highest BCUT2D eigenvalue weighted by Crippen LogP contribution is 2.16. The predicted molar refractivity (Wildman–Crippen MR) is 80.4 cm³/mol. The van der Waals surface area contributed by atoms with Crippen molar-refractivity contribution in [2.45, 2.75) is 38.8 Å². The van der Waals surface area contributed by atoms with Gasteiger partial charge in [0.1, 0.15) is 11.8 Å². The highest BCUT2D eigenvalue weighted by Gasteiger charge is 2.15. The van der Waals surface area contributed by atoms with Gasteiger partial charge in [-0.3, -0.25) is 4.79 Å². The summed E-state index contributed by atoms with van der Waals surface area (Å²) in [4.78, 5) is 16.0. The van der Waals surface area contributed by atoms with Crippen molar-refractivity contribution in [2.24, 2.45) is 5.73 Å². The first-order chi connectivity index (χ1) is 10.1. The number of aromatic nitrogens is 1. The summed E-state index contributed by atoms with van der Waals surface area (Å²) in [6.07, 6.45) is 2.62. The third-order valence-electron chi connectivity index (χ3n) is 3.30. The molecule has 0 radical (unpaired) electrons. The van der Waals surface area contributed by atoms with Crippen molar-refractivity contribution >= 4 is 5.91 Å². The van der Waals surface area contributed by atoms with Crippen LogP contribution >= 0.6 is 0 Å². The van der Waals surface area contributed by atoms with Crippen LogP contribution in [0.3, 0.4) is 0 Å². The van der Waals surface area contributed by atoms with Gasteiger partial charge in [0.05, 0.1) is 6.20 Å². The Morgan fingerprint density at radius 2 is 2.10 bits per heavy atom. The molecule has 3 N–H and O–H groups in total. The number of nitrogens with two attached hydrogens (primary N) is 1. The number of rotatable bonds is 6. The molecular formula is C16H21N3O2. The van der Waals surface area contributed by atoms with Gasteiger partial charge in [-0.25, -0.2) is 4.98 Å². The Morgan fingerprint density at radius 3 is 2.71 bits per heavy atom. The van der Waals surface area contributed by atoms with Crippen LogP contribution in [0.2, 0.25) is 0 Å². The van der Waals surface area contributed by atoms with E-state index >= 15 is 0 Å². The van der Waals surface area contributed by atoms with E-state index in [0.29, 0.717) is 18.7 Å². The topological polar surface area (TPSA) is 81.2 Å². The number of oxazole rings is 1. The molecule has 0 aliphatic heterocycles. The van der Waals surface area contributed by atoms with Crippen LogP contribution in [0.15, 0.2) is 40.9 Å². The smallest absolute Gasteiger partial charge is 0.220 e. The molecule has 1 heterocycles. The minimum atomic E-state index is -0.237. The average molecular weight is 287 g/mol. The van der Waals surface area contributed by atoms with E-state index in [9.17, 15) is 4.79 Å². The second-order valence-electron chi connectivity index (χ2n) is 5.15. The lowest BCUT2D eigenvalue weighted by molar-refractivity contribution is -0.122. The maximum Gasteiger partial charge on any atom is 0.220 e. The fourth-order valence-electron chi connectivity index (χ4n) is 2.10. The SMILES string of the molecule is Cc1cnc(C(C)NC(=O)CCC(N)c2ccccc2)o1. The number of benzene rings is 1. The van der Waals surface area contributed by atoms with Crippen molar-refractivity contribution < 1.29 is 9.21 Å². The van der Waals surface area contributed by atoms with Gasteiger partial charge in [0.25, 0.3) is 0 Å². The predicted octanol–water partition coefficient (Wildman–Crippen LogP) is 2.64. The van der Waals surface area contributed by atoms with Crippen molar-refractivity contribution in [3.05, 3.63) is 53.7 Å². The van der Waals surface area contributed by atoms with E-state index in [1.165, 1.54) is 0 Å². The summed E-state index contributed by atoms with van der Waals surface area (Å²) in [5.41, 5.74) is 7.12. The summed E-state index contributed by atoms with van der Waals surface area (Å²) < 4.78 is 5.39. The second kappa shape index (κ2) is 7.04. The van der Waals surface area contributed by atoms with Crippen molar-refractivity contribution in [2.75, 3.05) is 0 Å².